The number of hydrogen-bond donors (Lipinski definition) is 1. The first-order chi connectivity index (χ1) is 6.88. The van der Waals surface area contributed by atoms with Gasteiger partial charge in [-0.1, -0.05) is 26.0 Å². The third kappa shape index (κ3) is 2.57. The Kier molecular flexibility index (Phi) is 3.50. The molecule has 2 heteroatoms. The van der Waals surface area contributed by atoms with Gasteiger partial charge in [-0.05, 0) is 36.8 Å². The molecule has 84 valence electrons. The Balaban J connectivity index is 3.01. The van der Waals surface area contributed by atoms with Crippen molar-refractivity contribution in [3.8, 4) is 0 Å². The van der Waals surface area contributed by atoms with Crippen molar-refractivity contribution in [3.05, 3.63) is 23.8 Å². The predicted molar refractivity (Wildman–Crippen MR) is 61.5 cm³/mol. The van der Waals surface area contributed by atoms with Gasteiger partial charge in [0.25, 0.3) is 0 Å². The zero-order chi connectivity index (χ0) is 11.6. The van der Waals surface area contributed by atoms with Gasteiger partial charge in [-0.3, -0.25) is 4.79 Å². The molecule has 0 amide bonds. The van der Waals surface area contributed by atoms with Crippen LogP contribution in [0, 0.1) is 5.41 Å². The molecular formula is C13H20O2. The number of aliphatic hydroxyl groups is 1. The summed E-state index contributed by atoms with van der Waals surface area (Å²) in [7, 11) is 0. The normalized spacial score (nSPS) is 25.2. The van der Waals surface area contributed by atoms with E-state index >= 15 is 0 Å². The third-order valence-electron chi connectivity index (χ3n) is 3.41. The number of carbonyl (C=O) groups excluding carboxylic acids is 1. The molecule has 1 N–H and O–H groups in total. The monoisotopic (exact) mass is 208 g/mol. The Bertz CT molecular complexity index is 310. The van der Waals surface area contributed by atoms with Gasteiger partial charge in [-0.2, -0.15) is 0 Å². The molecule has 0 aromatic carbocycles. The molecule has 0 fully saturated rings. The van der Waals surface area contributed by atoms with Gasteiger partial charge in [0.05, 0.1) is 6.10 Å². The van der Waals surface area contributed by atoms with E-state index in [-0.39, 0.29) is 17.3 Å². The average molecular weight is 208 g/mol. The molecule has 2 nitrogen and oxygen atoms in total. The van der Waals surface area contributed by atoms with Crippen LogP contribution in [0.2, 0.25) is 0 Å². The molecule has 15 heavy (non-hydrogen) atoms. The molecule has 0 aromatic rings. The lowest BCUT2D eigenvalue weighted by molar-refractivity contribution is -0.114. The van der Waals surface area contributed by atoms with Crippen LogP contribution in [-0.4, -0.2) is 17.0 Å². The molecule has 1 rings (SSSR count). The summed E-state index contributed by atoms with van der Waals surface area (Å²) in [4.78, 5) is 11.4. The van der Waals surface area contributed by atoms with Gasteiger partial charge in [-0.15, -0.1) is 0 Å². The molecule has 0 spiro atoms. The summed E-state index contributed by atoms with van der Waals surface area (Å²) in [5.41, 5.74) is 2.09. The maximum Gasteiger partial charge on any atom is 0.159 e. The molecule has 0 saturated carbocycles. The van der Waals surface area contributed by atoms with Crippen molar-refractivity contribution in [1.82, 2.24) is 0 Å². The maximum absolute atomic E-state index is 11.4. The zero-order valence-corrected chi connectivity index (χ0v) is 9.84. The molecule has 0 saturated heterocycles. The van der Waals surface area contributed by atoms with Crippen LogP contribution in [0.25, 0.3) is 0 Å². The standard InChI is InChI=1S/C13H20O2/c1-5-10(14)8-11-9(2)12(15)6-7-13(11,3)4/h5,12,15H,1,6-8H2,2-4H3. The highest BCUT2D eigenvalue weighted by molar-refractivity contribution is 5.91. The maximum atomic E-state index is 11.4. The van der Waals surface area contributed by atoms with Gasteiger partial charge >= 0.3 is 0 Å². The summed E-state index contributed by atoms with van der Waals surface area (Å²) in [5.74, 6) is 0.0338. The Morgan fingerprint density at radius 2 is 2.27 bits per heavy atom. The van der Waals surface area contributed by atoms with E-state index in [1.807, 2.05) is 6.92 Å². The van der Waals surface area contributed by atoms with E-state index in [0.29, 0.717) is 6.42 Å². The van der Waals surface area contributed by atoms with Crippen molar-refractivity contribution in [1.29, 1.82) is 0 Å². The fourth-order valence-corrected chi connectivity index (χ4v) is 2.22. The second kappa shape index (κ2) is 4.31. The predicted octanol–water partition coefficient (Wildman–Crippen LogP) is 2.63. The molecule has 1 unspecified atom stereocenters. The highest BCUT2D eigenvalue weighted by Gasteiger charge is 2.32. The van der Waals surface area contributed by atoms with Crippen molar-refractivity contribution in [2.24, 2.45) is 5.41 Å². The van der Waals surface area contributed by atoms with Crippen LogP contribution in [0.1, 0.15) is 40.0 Å². The third-order valence-corrected chi connectivity index (χ3v) is 3.41. The quantitative estimate of drug-likeness (QED) is 0.572. The molecule has 1 atom stereocenters. The number of hydrogen-bond acceptors (Lipinski definition) is 2. The Labute approximate surface area is 91.7 Å². The van der Waals surface area contributed by atoms with Gasteiger partial charge in [0.1, 0.15) is 0 Å². The van der Waals surface area contributed by atoms with Crippen LogP contribution in [0.15, 0.2) is 23.8 Å². The highest BCUT2D eigenvalue weighted by atomic mass is 16.3. The SMILES string of the molecule is C=CC(=O)CC1=C(C)C(O)CCC1(C)C. The van der Waals surface area contributed by atoms with E-state index in [1.165, 1.54) is 6.08 Å². The lowest BCUT2D eigenvalue weighted by Crippen LogP contribution is -2.29. The molecule has 0 heterocycles. The number of rotatable bonds is 3. The van der Waals surface area contributed by atoms with Crippen molar-refractivity contribution in [2.45, 2.75) is 46.1 Å². The Morgan fingerprint density at radius 1 is 1.67 bits per heavy atom. The van der Waals surface area contributed by atoms with E-state index in [9.17, 15) is 9.90 Å². The summed E-state index contributed by atoms with van der Waals surface area (Å²) in [6.45, 7) is 9.68. The van der Waals surface area contributed by atoms with Crippen LogP contribution < -0.4 is 0 Å². The molecular weight excluding hydrogens is 188 g/mol. The summed E-state index contributed by atoms with van der Waals surface area (Å²) < 4.78 is 0. The number of allylic oxidation sites excluding steroid dienone is 2. The van der Waals surface area contributed by atoms with Gasteiger partial charge in [0, 0.05) is 6.42 Å². The molecule has 0 radical (unpaired) electrons. The smallest absolute Gasteiger partial charge is 0.159 e. The fourth-order valence-electron chi connectivity index (χ4n) is 2.22. The van der Waals surface area contributed by atoms with Gasteiger partial charge < -0.3 is 5.11 Å². The topological polar surface area (TPSA) is 37.3 Å². The van der Waals surface area contributed by atoms with Gasteiger partial charge in [0.2, 0.25) is 0 Å². The highest BCUT2D eigenvalue weighted by Crippen LogP contribution is 2.41. The minimum absolute atomic E-state index is 0.0297. The number of carbonyl (C=O) groups is 1. The fraction of sp³-hybridized carbons (Fsp3) is 0.615. The zero-order valence-electron chi connectivity index (χ0n) is 9.84. The van der Waals surface area contributed by atoms with Crippen LogP contribution in [0.3, 0.4) is 0 Å². The van der Waals surface area contributed by atoms with E-state index in [0.717, 1.165) is 24.0 Å². The molecule has 0 aromatic heterocycles. The van der Waals surface area contributed by atoms with Crippen LogP contribution in [0.5, 0.6) is 0 Å². The summed E-state index contributed by atoms with van der Waals surface area (Å²) >= 11 is 0. The largest absolute Gasteiger partial charge is 0.389 e. The molecule has 1 aliphatic carbocycles. The number of aliphatic hydroxyl groups excluding tert-OH is 1. The molecule has 0 aliphatic heterocycles. The second-order valence-corrected chi connectivity index (χ2v) is 4.95. The van der Waals surface area contributed by atoms with Crippen LogP contribution >= 0.6 is 0 Å². The summed E-state index contributed by atoms with van der Waals surface area (Å²) in [6.07, 6.45) is 3.12. The molecule has 1 aliphatic rings. The first kappa shape index (κ1) is 12.2. The minimum atomic E-state index is -0.370. The van der Waals surface area contributed by atoms with Gasteiger partial charge in [0.15, 0.2) is 5.78 Å². The Hall–Kier alpha value is -0.890. The van der Waals surface area contributed by atoms with E-state index in [4.69, 9.17) is 0 Å². The second-order valence-electron chi connectivity index (χ2n) is 4.95. The van der Waals surface area contributed by atoms with Crippen molar-refractivity contribution < 1.29 is 9.90 Å². The first-order valence-corrected chi connectivity index (χ1v) is 5.42. The number of ketones is 1. The van der Waals surface area contributed by atoms with Crippen molar-refractivity contribution >= 4 is 5.78 Å². The van der Waals surface area contributed by atoms with Crippen LogP contribution in [0.4, 0.5) is 0 Å². The van der Waals surface area contributed by atoms with E-state index in [1.54, 1.807) is 0 Å². The van der Waals surface area contributed by atoms with Crippen molar-refractivity contribution in [3.63, 3.8) is 0 Å². The van der Waals surface area contributed by atoms with Gasteiger partial charge in [-0.25, -0.2) is 0 Å². The van der Waals surface area contributed by atoms with Crippen LogP contribution in [-0.2, 0) is 4.79 Å². The lowest BCUT2D eigenvalue weighted by atomic mass is 9.70. The Morgan fingerprint density at radius 3 is 2.80 bits per heavy atom. The van der Waals surface area contributed by atoms with E-state index < -0.39 is 0 Å². The minimum Gasteiger partial charge on any atom is -0.389 e. The summed E-state index contributed by atoms with van der Waals surface area (Å²) in [6, 6.07) is 0. The lowest BCUT2D eigenvalue weighted by Gasteiger charge is -2.36. The summed E-state index contributed by atoms with van der Waals surface area (Å²) in [5, 5.41) is 9.77. The van der Waals surface area contributed by atoms with Crippen molar-refractivity contribution in [2.75, 3.05) is 0 Å². The molecule has 0 bridgehead atoms. The van der Waals surface area contributed by atoms with E-state index in [2.05, 4.69) is 20.4 Å². The average Bonchev–Trinajstić information content (AvgIpc) is 2.19. The first-order valence-electron chi connectivity index (χ1n) is 5.42.